The molecule has 1 aromatic heterocycles. The molecule has 0 atom stereocenters. The van der Waals surface area contributed by atoms with E-state index < -0.39 is 0 Å². The number of amides is 1. The Kier molecular flexibility index (Phi) is 4.09. The van der Waals surface area contributed by atoms with E-state index in [0.29, 0.717) is 17.7 Å². The zero-order chi connectivity index (χ0) is 15.5. The van der Waals surface area contributed by atoms with Crippen LogP contribution in [0, 0.1) is 0 Å². The smallest absolute Gasteiger partial charge is 0.274 e. The number of carbonyl (C=O) groups is 1. The van der Waals surface area contributed by atoms with Crippen LogP contribution in [0.5, 0.6) is 0 Å². The number of hydrogen-bond acceptors (Lipinski definition) is 3. The van der Waals surface area contributed by atoms with Crippen LogP contribution in [-0.4, -0.2) is 16.9 Å². The van der Waals surface area contributed by atoms with Crippen molar-refractivity contribution in [3.63, 3.8) is 0 Å². The molecule has 3 rings (SSSR count). The average molecular weight is 295 g/mol. The number of carbonyl (C=O) groups excluding carboxylic acids is 1. The number of nitrogens with one attached hydrogen (secondary N) is 2. The quantitative estimate of drug-likeness (QED) is 0.875. The van der Waals surface area contributed by atoms with Crippen LogP contribution in [0.3, 0.4) is 0 Å². The minimum atomic E-state index is -0.185. The second kappa shape index (κ2) is 6.18. The van der Waals surface area contributed by atoms with E-state index in [1.807, 2.05) is 30.3 Å². The summed E-state index contributed by atoms with van der Waals surface area (Å²) in [5, 5.41) is 6.23. The summed E-state index contributed by atoms with van der Waals surface area (Å²) >= 11 is 0. The molecule has 1 aliphatic carbocycles. The van der Waals surface area contributed by atoms with E-state index in [2.05, 4.69) is 29.5 Å². The fraction of sp³-hybridized carbons (Fsp3) is 0.333. The highest BCUT2D eigenvalue weighted by atomic mass is 16.1. The molecule has 2 N–H and O–H groups in total. The van der Waals surface area contributed by atoms with Gasteiger partial charge in [-0.3, -0.25) is 4.79 Å². The number of benzene rings is 1. The monoisotopic (exact) mass is 295 g/mol. The van der Waals surface area contributed by atoms with Crippen molar-refractivity contribution in [2.24, 2.45) is 0 Å². The molecular weight excluding hydrogens is 274 g/mol. The van der Waals surface area contributed by atoms with Crippen LogP contribution in [-0.2, 0) is 0 Å². The lowest BCUT2D eigenvalue weighted by molar-refractivity contribution is 0.102. The predicted molar refractivity (Wildman–Crippen MR) is 89.4 cm³/mol. The highest BCUT2D eigenvalue weighted by molar-refractivity contribution is 6.02. The van der Waals surface area contributed by atoms with Crippen molar-refractivity contribution in [1.29, 1.82) is 0 Å². The van der Waals surface area contributed by atoms with Gasteiger partial charge in [0.2, 0.25) is 0 Å². The molecule has 0 unspecified atom stereocenters. The molecule has 0 radical (unpaired) electrons. The molecule has 1 fully saturated rings. The van der Waals surface area contributed by atoms with Crippen LogP contribution in [0.2, 0.25) is 0 Å². The van der Waals surface area contributed by atoms with Gasteiger partial charge in [-0.05, 0) is 48.6 Å². The molecule has 4 heteroatoms. The van der Waals surface area contributed by atoms with Gasteiger partial charge < -0.3 is 10.6 Å². The Morgan fingerprint density at radius 1 is 1.09 bits per heavy atom. The van der Waals surface area contributed by atoms with Gasteiger partial charge >= 0.3 is 0 Å². The Bertz CT molecular complexity index is 643. The van der Waals surface area contributed by atoms with Crippen molar-refractivity contribution in [3.05, 3.63) is 53.9 Å². The lowest BCUT2D eigenvalue weighted by Crippen LogP contribution is -2.14. The second-order valence-electron chi connectivity index (χ2n) is 6.08. The van der Waals surface area contributed by atoms with E-state index in [4.69, 9.17) is 0 Å². The van der Waals surface area contributed by atoms with Gasteiger partial charge in [-0.15, -0.1) is 0 Å². The SMILES string of the molecule is CC(C)c1ccc(NC(=O)c2ccc(NC3CC3)cn2)cc1. The van der Waals surface area contributed by atoms with Crippen LogP contribution < -0.4 is 10.6 Å². The van der Waals surface area contributed by atoms with E-state index in [-0.39, 0.29) is 5.91 Å². The van der Waals surface area contributed by atoms with Gasteiger partial charge in [0.25, 0.3) is 5.91 Å². The van der Waals surface area contributed by atoms with Crippen LogP contribution in [0.1, 0.15) is 48.7 Å². The van der Waals surface area contributed by atoms with Gasteiger partial charge in [0.1, 0.15) is 5.69 Å². The lowest BCUT2D eigenvalue weighted by Gasteiger charge is -2.09. The summed E-state index contributed by atoms with van der Waals surface area (Å²) in [6.45, 7) is 4.30. The van der Waals surface area contributed by atoms with Crippen LogP contribution in [0.15, 0.2) is 42.6 Å². The number of hydrogen-bond donors (Lipinski definition) is 2. The largest absolute Gasteiger partial charge is 0.381 e. The van der Waals surface area contributed by atoms with Gasteiger partial charge in [0.05, 0.1) is 11.9 Å². The van der Waals surface area contributed by atoms with Crippen molar-refractivity contribution in [3.8, 4) is 0 Å². The first-order valence-electron chi connectivity index (χ1n) is 7.76. The minimum Gasteiger partial charge on any atom is -0.381 e. The third-order valence-electron chi connectivity index (χ3n) is 3.78. The molecule has 1 aliphatic rings. The standard InChI is InChI=1S/C18H21N3O/c1-12(2)13-3-5-15(6-4-13)21-18(22)17-10-9-16(11-19-17)20-14-7-8-14/h3-6,9-12,14,20H,7-8H2,1-2H3,(H,21,22). The molecule has 0 bridgehead atoms. The summed E-state index contributed by atoms with van der Waals surface area (Å²) in [6, 6.07) is 12.2. The Labute approximate surface area is 131 Å². The number of aromatic nitrogens is 1. The van der Waals surface area contributed by atoms with E-state index in [0.717, 1.165) is 11.4 Å². The van der Waals surface area contributed by atoms with Crippen LogP contribution >= 0.6 is 0 Å². The van der Waals surface area contributed by atoms with Gasteiger partial charge in [-0.1, -0.05) is 26.0 Å². The molecule has 1 amide bonds. The predicted octanol–water partition coefficient (Wildman–Crippen LogP) is 4.03. The molecular formula is C18H21N3O. The zero-order valence-corrected chi connectivity index (χ0v) is 13.0. The highest BCUT2D eigenvalue weighted by Gasteiger charge is 2.20. The average Bonchev–Trinajstić information content (AvgIpc) is 3.32. The highest BCUT2D eigenvalue weighted by Crippen LogP contribution is 2.24. The Balaban J connectivity index is 1.62. The van der Waals surface area contributed by atoms with E-state index in [1.165, 1.54) is 18.4 Å². The summed E-state index contributed by atoms with van der Waals surface area (Å²) in [4.78, 5) is 16.4. The number of rotatable bonds is 5. The van der Waals surface area contributed by atoms with Crippen molar-refractivity contribution in [2.45, 2.75) is 38.6 Å². The van der Waals surface area contributed by atoms with E-state index in [1.54, 1.807) is 12.3 Å². The molecule has 0 spiro atoms. The van der Waals surface area contributed by atoms with Crippen LogP contribution in [0.4, 0.5) is 11.4 Å². The van der Waals surface area contributed by atoms with Crippen LogP contribution in [0.25, 0.3) is 0 Å². The second-order valence-corrected chi connectivity index (χ2v) is 6.08. The lowest BCUT2D eigenvalue weighted by atomic mass is 10.0. The summed E-state index contributed by atoms with van der Waals surface area (Å²) < 4.78 is 0. The van der Waals surface area contributed by atoms with E-state index in [9.17, 15) is 4.79 Å². The van der Waals surface area contributed by atoms with Crippen molar-refractivity contribution in [2.75, 3.05) is 10.6 Å². The number of nitrogens with zero attached hydrogens (tertiary/aromatic N) is 1. The van der Waals surface area contributed by atoms with Gasteiger partial charge in [0, 0.05) is 11.7 Å². The van der Waals surface area contributed by atoms with Crippen molar-refractivity contribution in [1.82, 2.24) is 4.98 Å². The minimum absolute atomic E-state index is 0.185. The molecule has 2 aromatic rings. The fourth-order valence-electron chi connectivity index (χ4n) is 2.22. The summed E-state index contributed by atoms with van der Waals surface area (Å²) in [6.07, 6.45) is 4.15. The zero-order valence-electron chi connectivity index (χ0n) is 13.0. The third kappa shape index (κ3) is 3.64. The Morgan fingerprint density at radius 2 is 1.77 bits per heavy atom. The summed E-state index contributed by atoms with van der Waals surface area (Å²) in [7, 11) is 0. The summed E-state index contributed by atoms with van der Waals surface area (Å²) in [5.74, 6) is 0.299. The molecule has 114 valence electrons. The molecule has 4 nitrogen and oxygen atoms in total. The maximum Gasteiger partial charge on any atom is 0.274 e. The first-order valence-corrected chi connectivity index (χ1v) is 7.76. The van der Waals surface area contributed by atoms with Crippen molar-refractivity contribution < 1.29 is 4.79 Å². The maximum atomic E-state index is 12.2. The molecule has 0 aliphatic heterocycles. The fourth-order valence-corrected chi connectivity index (χ4v) is 2.22. The van der Waals surface area contributed by atoms with Gasteiger partial charge in [-0.25, -0.2) is 4.98 Å². The number of anilines is 2. The summed E-state index contributed by atoms with van der Waals surface area (Å²) in [5.41, 5.74) is 3.44. The molecule has 1 saturated carbocycles. The first-order chi connectivity index (χ1) is 10.6. The maximum absolute atomic E-state index is 12.2. The molecule has 1 aromatic carbocycles. The normalized spacial score (nSPS) is 14.0. The molecule has 22 heavy (non-hydrogen) atoms. The number of pyridine rings is 1. The van der Waals surface area contributed by atoms with Crippen molar-refractivity contribution >= 4 is 17.3 Å². The van der Waals surface area contributed by atoms with E-state index >= 15 is 0 Å². The Morgan fingerprint density at radius 3 is 2.32 bits per heavy atom. The van der Waals surface area contributed by atoms with Gasteiger partial charge in [-0.2, -0.15) is 0 Å². The van der Waals surface area contributed by atoms with Gasteiger partial charge in [0.15, 0.2) is 0 Å². The third-order valence-corrected chi connectivity index (χ3v) is 3.78. The Hall–Kier alpha value is -2.36. The molecule has 0 saturated heterocycles. The topological polar surface area (TPSA) is 54.0 Å². The molecule has 1 heterocycles. The first kappa shape index (κ1) is 14.6.